The lowest BCUT2D eigenvalue weighted by Gasteiger charge is -2.14. The number of alkyl halides is 5. The van der Waals surface area contributed by atoms with Crippen LogP contribution in [0.5, 0.6) is 0 Å². The Kier molecular flexibility index (Phi) is 5.38. The van der Waals surface area contributed by atoms with Gasteiger partial charge < -0.3 is 4.74 Å². The highest BCUT2D eigenvalue weighted by atomic mass is 32.2. The number of ether oxygens (including phenoxy) is 1. The summed E-state index contributed by atoms with van der Waals surface area (Å²) in [5.74, 6) is -1.96. The van der Waals surface area contributed by atoms with Crippen LogP contribution in [0, 0.1) is 0 Å². The molecular weight excluding hydrogens is 303 g/mol. The molecule has 0 saturated heterocycles. The Labute approximate surface area is 116 Å². The summed E-state index contributed by atoms with van der Waals surface area (Å²) in [4.78, 5) is 10.9. The van der Waals surface area contributed by atoms with Gasteiger partial charge in [-0.1, -0.05) is 23.9 Å². The molecule has 0 aromatic heterocycles. The van der Waals surface area contributed by atoms with Gasteiger partial charge in [0.25, 0.3) is 0 Å². The Morgan fingerprint density at radius 1 is 1.15 bits per heavy atom. The number of hydrogen-bond donors (Lipinski definition) is 0. The number of carbonyl (C=O) groups excluding carboxylic acids is 1. The van der Waals surface area contributed by atoms with E-state index in [1.54, 1.807) is 0 Å². The smallest absolute Gasteiger partial charge is 0.416 e. The summed E-state index contributed by atoms with van der Waals surface area (Å²) in [5, 5.41) is -3.72. The molecule has 2 nitrogen and oxygen atoms in total. The topological polar surface area (TPSA) is 26.3 Å². The third-order valence-corrected chi connectivity index (χ3v) is 3.22. The highest BCUT2D eigenvalue weighted by molar-refractivity contribution is 8.00. The minimum Gasteiger partial charge on any atom is -0.461 e. The van der Waals surface area contributed by atoms with Crippen LogP contribution in [0.3, 0.4) is 0 Å². The van der Waals surface area contributed by atoms with E-state index in [2.05, 4.69) is 4.74 Å². The second-order valence-electron chi connectivity index (χ2n) is 3.72. The zero-order valence-corrected chi connectivity index (χ0v) is 11.2. The fourth-order valence-electron chi connectivity index (χ4n) is 1.24. The number of rotatable bonds is 5. The van der Waals surface area contributed by atoms with E-state index in [1.165, 1.54) is 6.92 Å². The van der Waals surface area contributed by atoms with Gasteiger partial charge in [0.1, 0.15) is 0 Å². The van der Waals surface area contributed by atoms with E-state index in [0.717, 1.165) is 24.3 Å². The molecule has 1 aromatic rings. The SMILES string of the molecule is CCOC(=O)C(F)(F)SCc1ccc(C(F)(F)F)cc1. The molecular formula is C12H11F5O2S. The Bertz CT molecular complexity index is 456. The molecule has 0 aliphatic rings. The van der Waals surface area contributed by atoms with Gasteiger partial charge in [-0.25, -0.2) is 4.79 Å². The molecule has 0 amide bonds. The van der Waals surface area contributed by atoms with Crippen molar-refractivity contribution < 1.29 is 31.5 Å². The number of esters is 1. The maximum Gasteiger partial charge on any atom is 0.416 e. The number of benzene rings is 1. The highest BCUT2D eigenvalue weighted by Gasteiger charge is 2.41. The van der Waals surface area contributed by atoms with Crippen LogP contribution < -0.4 is 0 Å². The van der Waals surface area contributed by atoms with Gasteiger partial charge in [0.2, 0.25) is 0 Å². The molecule has 0 saturated carbocycles. The molecule has 0 radical (unpaired) electrons. The summed E-state index contributed by atoms with van der Waals surface area (Å²) in [5.41, 5.74) is -0.602. The molecule has 0 fully saturated rings. The average molecular weight is 314 g/mol. The fourth-order valence-corrected chi connectivity index (χ4v) is 1.96. The first-order valence-corrected chi connectivity index (χ1v) is 6.50. The van der Waals surface area contributed by atoms with E-state index < -0.39 is 23.0 Å². The van der Waals surface area contributed by atoms with Gasteiger partial charge in [0.15, 0.2) is 0 Å². The van der Waals surface area contributed by atoms with Crippen molar-refractivity contribution in [2.45, 2.75) is 24.1 Å². The first-order chi connectivity index (χ1) is 9.16. The third kappa shape index (κ3) is 4.66. The van der Waals surface area contributed by atoms with Crippen molar-refractivity contribution in [3.8, 4) is 0 Å². The number of halogens is 5. The molecule has 0 heterocycles. The Balaban J connectivity index is 2.64. The third-order valence-electron chi connectivity index (χ3n) is 2.21. The molecule has 0 N–H and O–H groups in total. The lowest BCUT2D eigenvalue weighted by atomic mass is 10.1. The maximum atomic E-state index is 13.3. The quantitative estimate of drug-likeness (QED) is 0.605. The van der Waals surface area contributed by atoms with E-state index in [4.69, 9.17) is 0 Å². The largest absolute Gasteiger partial charge is 0.461 e. The van der Waals surface area contributed by atoms with Crippen LogP contribution in [0.15, 0.2) is 24.3 Å². The normalized spacial score (nSPS) is 12.3. The van der Waals surface area contributed by atoms with Crippen LogP contribution in [0.4, 0.5) is 22.0 Å². The van der Waals surface area contributed by atoms with Crippen molar-refractivity contribution in [2.24, 2.45) is 0 Å². The molecule has 20 heavy (non-hydrogen) atoms. The average Bonchev–Trinajstić information content (AvgIpc) is 2.36. The van der Waals surface area contributed by atoms with Crippen LogP contribution in [-0.2, 0) is 21.5 Å². The Morgan fingerprint density at radius 3 is 2.15 bits per heavy atom. The van der Waals surface area contributed by atoms with Gasteiger partial charge >= 0.3 is 17.4 Å². The second kappa shape index (κ2) is 6.43. The summed E-state index contributed by atoms with van der Waals surface area (Å²) in [7, 11) is 0. The van der Waals surface area contributed by atoms with E-state index >= 15 is 0 Å². The first-order valence-electron chi connectivity index (χ1n) is 5.52. The molecule has 0 bridgehead atoms. The summed E-state index contributed by atoms with van der Waals surface area (Å²) < 4.78 is 67.6. The van der Waals surface area contributed by atoms with Crippen molar-refractivity contribution in [3.05, 3.63) is 35.4 Å². The molecule has 0 spiro atoms. The van der Waals surface area contributed by atoms with Gasteiger partial charge in [-0.15, -0.1) is 0 Å². The maximum absolute atomic E-state index is 13.3. The van der Waals surface area contributed by atoms with E-state index in [-0.39, 0.29) is 29.7 Å². The second-order valence-corrected chi connectivity index (χ2v) is 4.81. The lowest BCUT2D eigenvalue weighted by molar-refractivity contribution is -0.159. The molecule has 1 aromatic carbocycles. The molecule has 0 unspecified atom stereocenters. The number of carbonyl (C=O) groups is 1. The predicted molar refractivity (Wildman–Crippen MR) is 64.3 cm³/mol. The molecule has 112 valence electrons. The molecule has 0 atom stereocenters. The van der Waals surface area contributed by atoms with Gasteiger partial charge in [0.05, 0.1) is 12.2 Å². The minimum atomic E-state index is -4.47. The van der Waals surface area contributed by atoms with E-state index in [9.17, 15) is 26.7 Å². The van der Waals surface area contributed by atoms with Crippen LogP contribution in [0.1, 0.15) is 18.1 Å². The fraction of sp³-hybridized carbons (Fsp3) is 0.417. The van der Waals surface area contributed by atoms with E-state index in [1.807, 2.05) is 0 Å². The van der Waals surface area contributed by atoms with Gasteiger partial charge in [-0.3, -0.25) is 0 Å². The van der Waals surface area contributed by atoms with Crippen molar-refractivity contribution in [1.29, 1.82) is 0 Å². The molecule has 8 heteroatoms. The van der Waals surface area contributed by atoms with Crippen molar-refractivity contribution in [2.75, 3.05) is 6.61 Å². The standard InChI is InChI=1S/C12H11F5O2S/c1-2-19-10(18)12(16,17)20-7-8-3-5-9(6-4-8)11(13,14)15/h3-6H,2,7H2,1H3. The molecule has 0 aliphatic carbocycles. The monoisotopic (exact) mass is 314 g/mol. The number of hydrogen-bond acceptors (Lipinski definition) is 3. The summed E-state index contributed by atoms with van der Waals surface area (Å²) in [6.07, 6.45) is -4.47. The van der Waals surface area contributed by atoms with Crippen molar-refractivity contribution >= 4 is 17.7 Å². The van der Waals surface area contributed by atoms with E-state index in [0.29, 0.717) is 0 Å². The van der Waals surface area contributed by atoms with Crippen LogP contribution in [0.2, 0.25) is 0 Å². The zero-order chi connectivity index (χ0) is 15.4. The predicted octanol–water partition coefficient (Wildman–Crippen LogP) is 4.09. The van der Waals surface area contributed by atoms with Crippen molar-refractivity contribution in [3.63, 3.8) is 0 Å². The van der Waals surface area contributed by atoms with Crippen molar-refractivity contribution in [1.82, 2.24) is 0 Å². The molecule has 1 rings (SSSR count). The molecule has 0 aliphatic heterocycles. The summed E-state index contributed by atoms with van der Waals surface area (Å²) in [6.45, 7) is 1.23. The van der Waals surface area contributed by atoms with Crippen LogP contribution in [0.25, 0.3) is 0 Å². The van der Waals surface area contributed by atoms with Crippen LogP contribution in [-0.4, -0.2) is 17.8 Å². The first kappa shape index (κ1) is 16.7. The van der Waals surface area contributed by atoms with Gasteiger partial charge in [0, 0.05) is 5.75 Å². The van der Waals surface area contributed by atoms with Crippen LogP contribution >= 0.6 is 11.8 Å². The summed E-state index contributed by atoms with van der Waals surface area (Å²) in [6, 6.07) is 3.80. The van der Waals surface area contributed by atoms with Gasteiger partial charge in [-0.2, -0.15) is 22.0 Å². The Morgan fingerprint density at radius 2 is 1.70 bits per heavy atom. The minimum absolute atomic E-state index is 0.00409. The van der Waals surface area contributed by atoms with Gasteiger partial charge in [-0.05, 0) is 24.6 Å². The lowest BCUT2D eigenvalue weighted by Crippen LogP contribution is -2.27. The zero-order valence-electron chi connectivity index (χ0n) is 10.3. The Hall–Kier alpha value is -1.31. The number of thioether (sulfide) groups is 1. The highest BCUT2D eigenvalue weighted by Crippen LogP contribution is 2.34. The summed E-state index contributed by atoms with van der Waals surface area (Å²) >= 11 is 0.00409.